The Morgan fingerprint density at radius 3 is 2.21 bits per heavy atom. The van der Waals surface area contributed by atoms with Gasteiger partial charge in [-0.15, -0.1) is 0 Å². The van der Waals surface area contributed by atoms with E-state index < -0.39 is 21.8 Å². The molecule has 0 heterocycles. The summed E-state index contributed by atoms with van der Waals surface area (Å²) in [5.74, 6) is 0. The maximum Gasteiger partial charge on any atom is 0.410 e. The van der Waals surface area contributed by atoms with Gasteiger partial charge in [-0.05, 0) is 51.8 Å². The number of aryl methyl sites for hydroxylation is 1. The zero-order valence-corrected chi connectivity index (χ0v) is 18.2. The fourth-order valence-corrected chi connectivity index (χ4v) is 3.50. The second kappa shape index (κ2) is 9.89. The van der Waals surface area contributed by atoms with E-state index in [9.17, 15) is 13.2 Å². The average Bonchev–Trinajstić information content (AvgIpc) is 2.64. The lowest BCUT2D eigenvalue weighted by Gasteiger charge is -2.27. The van der Waals surface area contributed by atoms with Crippen LogP contribution in [0.5, 0.6) is 0 Å². The van der Waals surface area contributed by atoms with Crippen molar-refractivity contribution in [1.82, 2.24) is 4.90 Å². The number of carbonyl (C=O) groups is 1. The zero-order chi connectivity index (χ0) is 21.5. The monoisotopic (exact) mass is 419 g/mol. The van der Waals surface area contributed by atoms with Gasteiger partial charge in [-0.1, -0.05) is 48.0 Å². The van der Waals surface area contributed by atoms with Crippen molar-refractivity contribution in [2.24, 2.45) is 0 Å². The molecule has 0 aliphatic carbocycles. The van der Waals surface area contributed by atoms with E-state index in [2.05, 4.69) is 0 Å². The highest BCUT2D eigenvalue weighted by atomic mass is 32.2. The first kappa shape index (κ1) is 22.9. The van der Waals surface area contributed by atoms with Gasteiger partial charge in [-0.3, -0.25) is 4.18 Å². The summed E-state index contributed by atoms with van der Waals surface area (Å²) < 4.78 is 35.2. The van der Waals surface area contributed by atoms with E-state index in [0.29, 0.717) is 19.5 Å². The molecule has 0 aliphatic rings. The summed E-state index contributed by atoms with van der Waals surface area (Å²) >= 11 is 0. The molecular weight excluding hydrogens is 390 g/mol. The summed E-state index contributed by atoms with van der Waals surface area (Å²) in [7, 11) is -3.82. The number of hydrogen-bond donors (Lipinski definition) is 0. The average molecular weight is 420 g/mol. The van der Waals surface area contributed by atoms with Crippen molar-refractivity contribution in [2.45, 2.75) is 51.2 Å². The van der Waals surface area contributed by atoms with Crippen LogP contribution in [0.2, 0.25) is 0 Å². The molecule has 2 aromatic carbocycles. The highest BCUT2D eigenvalue weighted by Crippen LogP contribution is 2.15. The van der Waals surface area contributed by atoms with Crippen LogP contribution in [-0.2, 0) is 25.6 Å². The predicted molar refractivity (Wildman–Crippen MR) is 112 cm³/mol. The molecule has 0 saturated carbocycles. The number of amides is 1. The standard InChI is InChI=1S/C22H29NO5S/c1-18-11-13-20(14-12-18)29(25,26)27-16-8-15-23(21(24)28-22(2,3)4)17-19-9-6-5-7-10-19/h5-7,9-14H,8,15-17H2,1-4H3. The number of rotatable bonds is 8. The van der Waals surface area contributed by atoms with Crippen molar-refractivity contribution in [3.8, 4) is 0 Å². The summed E-state index contributed by atoms with van der Waals surface area (Å²) in [5, 5.41) is 0. The minimum atomic E-state index is -3.82. The minimum Gasteiger partial charge on any atom is -0.444 e. The minimum absolute atomic E-state index is 0.0235. The third-order valence-electron chi connectivity index (χ3n) is 3.99. The number of nitrogens with zero attached hydrogens (tertiary/aromatic N) is 1. The van der Waals surface area contributed by atoms with Gasteiger partial charge in [-0.25, -0.2) is 4.79 Å². The fraction of sp³-hybridized carbons (Fsp3) is 0.409. The number of carbonyl (C=O) groups excluding carboxylic acids is 1. The molecule has 0 fully saturated rings. The van der Waals surface area contributed by atoms with E-state index in [1.807, 2.05) is 58.0 Å². The zero-order valence-electron chi connectivity index (χ0n) is 17.4. The molecule has 0 N–H and O–H groups in total. The molecule has 0 saturated heterocycles. The van der Waals surface area contributed by atoms with Gasteiger partial charge in [0, 0.05) is 13.1 Å². The van der Waals surface area contributed by atoms with Crippen LogP contribution < -0.4 is 0 Å². The summed E-state index contributed by atoms with van der Waals surface area (Å²) in [5.41, 5.74) is 1.32. The SMILES string of the molecule is Cc1ccc(S(=O)(=O)OCCCN(Cc2ccccc2)C(=O)OC(C)(C)C)cc1. The second-order valence-corrected chi connectivity index (χ2v) is 9.45. The first-order valence-corrected chi connectivity index (χ1v) is 11.0. The molecule has 0 atom stereocenters. The van der Waals surface area contributed by atoms with Crippen molar-refractivity contribution >= 4 is 16.2 Å². The smallest absolute Gasteiger partial charge is 0.410 e. The van der Waals surface area contributed by atoms with Gasteiger partial charge in [0.1, 0.15) is 5.60 Å². The lowest BCUT2D eigenvalue weighted by atomic mass is 10.2. The Balaban J connectivity index is 1.96. The van der Waals surface area contributed by atoms with E-state index in [0.717, 1.165) is 11.1 Å². The van der Waals surface area contributed by atoms with E-state index in [1.165, 1.54) is 12.1 Å². The molecule has 7 heteroatoms. The van der Waals surface area contributed by atoms with E-state index in [-0.39, 0.29) is 11.5 Å². The Morgan fingerprint density at radius 1 is 1.00 bits per heavy atom. The topological polar surface area (TPSA) is 72.9 Å². The summed E-state index contributed by atoms with van der Waals surface area (Å²) in [6.45, 7) is 7.97. The molecular formula is C22H29NO5S. The van der Waals surface area contributed by atoms with Gasteiger partial charge < -0.3 is 9.64 Å². The Hall–Kier alpha value is -2.38. The molecule has 0 unspecified atom stereocenters. The summed E-state index contributed by atoms with van der Waals surface area (Å²) in [6, 6.07) is 16.1. The van der Waals surface area contributed by atoms with Gasteiger partial charge in [0.05, 0.1) is 11.5 Å². The molecule has 0 radical (unpaired) electrons. The van der Waals surface area contributed by atoms with Gasteiger partial charge in [-0.2, -0.15) is 8.42 Å². The van der Waals surface area contributed by atoms with Crippen LogP contribution >= 0.6 is 0 Å². The molecule has 158 valence electrons. The third-order valence-corrected chi connectivity index (χ3v) is 5.31. The maximum absolute atomic E-state index is 12.6. The quantitative estimate of drug-likeness (QED) is 0.464. The van der Waals surface area contributed by atoms with Crippen molar-refractivity contribution < 1.29 is 22.1 Å². The Morgan fingerprint density at radius 2 is 1.62 bits per heavy atom. The van der Waals surface area contributed by atoms with E-state index >= 15 is 0 Å². The fourth-order valence-electron chi connectivity index (χ4n) is 2.56. The summed E-state index contributed by atoms with van der Waals surface area (Å²) in [4.78, 5) is 14.2. The molecule has 0 aliphatic heterocycles. The van der Waals surface area contributed by atoms with Crippen molar-refractivity contribution in [2.75, 3.05) is 13.2 Å². The maximum atomic E-state index is 12.6. The van der Waals surface area contributed by atoms with Crippen LogP contribution in [0.1, 0.15) is 38.3 Å². The largest absolute Gasteiger partial charge is 0.444 e. The Bertz CT molecular complexity index is 887. The highest BCUT2D eigenvalue weighted by Gasteiger charge is 2.22. The van der Waals surface area contributed by atoms with Crippen LogP contribution in [0, 0.1) is 6.92 Å². The van der Waals surface area contributed by atoms with Crippen LogP contribution in [0.15, 0.2) is 59.5 Å². The predicted octanol–water partition coefficient (Wildman–Crippen LogP) is 4.53. The number of benzene rings is 2. The van der Waals surface area contributed by atoms with E-state index in [4.69, 9.17) is 8.92 Å². The second-order valence-electron chi connectivity index (χ2n) is 7.83. The molecule has 2 aromatic rings. The lowest BCUT2D eigenvalue weighted by Crippen LogP contribution is -2.37. The highest BCUT2D eigenvalue weighted by molar-refractivity contribution is 7.86. The molecule has 29 heavy (non-hydrogen) atoms. The van der Waals surface area contributed by atoms with Crippen molar-refractivity contribution in [3.63, 3.8) is 0 Å². The molecule has 0 bridgehead atoms. The van der Waals surface area contributed by atoms with Crippen LogP contribution in [-0.4, -0.2) is 38.2 Å². The molecule has 2 rings (SSSR count). The first-order chi connectivity index (χ1) is 13.6. The molecule has 6 nitrogen and oxygen atoms in total. The molecule has 1 amide bonds. The van der Waals surface area contributed by atoms with Gasteiger partial charge in [0.25, 0.3) is 10.1 Å². The Labute approximate surface area is 173 Å². The lowest BCUT2D eigenvalue weighted by molar-refractivity contribution is 0.0226. The van der Waals surface area contributed by atoms with E-state index in [1.54, 1.807) is 17.0 Å². The van der Waals surface area contributed by atoms with Gasteiger partial charge in [0.2, 0.25) is 0 Å². The van der Waals surface area contributed by atoms with Crippen molar-refractivity contribution in [1.29, 1.82) is 0 Å². The molecule has 0 spiro atoms. The number of ether oxygens (including phenoxy) is 1. The van der Waals surface area contributed by atoms with Crippen LogP contribution in [0.4, 0.5) is 4.79 Å². The normalized spacial score (nSPS) is 11.9. The van der Waals surface area contributed by atoms with Gasteiger partial charge in [0.15, 0.2) is 0 Å². The summed E-state index contributed by atoms with van der Waals surface area (Å²) in [6.07, 6.45) is -0.0836. The Kier molecular flexibility index (Phi) is 7.81. The van der Waals surface area contributed by atoms with Crippen molar-refractivity contribution in [3.05, 3.63) is 65.7 Å². The van der Waals surface area contributed by atoms with Crippen LogP contribution in [0.3, 0.4) is 0 Å². The van der Waals surface area contributed by atoms with Crippen LogP contribution in [0.25, 0.3) is 0 Å². The first-order valence-electron chi connectivity index (χ1n) is 9.55. The molecule has 0 aromatic heterocycles. The third kappa shape index (κ3) is 7.87. The van der Waals surface area contributed by atoms with Gasteiger partial charge >= 0.3 is 6.09 Å². The number of hydrogen-bond acceptors (Lipinski definition) is 5.